The molecule has 1 amide bonds. The van der Waals surface area contributed by atoms with Crippen molar-refractivity contribution in [2.75, 3.05) is 12.4 Å². The summed E-state index contributed by atoms with van der Waals surface area (Å²) in [6, 6.07) is 11.6. The van der Waals surface area contributed by atoms with E-state index in [0.29, 0.717) is 16.6 Å². The van der Waals surface area contributed by atoms with Crippen molar-refractivity contribution in [3.63, 3.8) is 0 Å². The summed E-state index contributed by atoms with van der Waals surface area (Å²) in [6.07, 6.45) is 1.32. The molecule has 0 spiro atoms. The predicted molar refractivity (Wildman–Crippen MR) is 100 cm³/mol. The fraction of sp³-hybridized carbons (Fsp3) is 0.111. The first-order valence-corrected chi connectivity index (χ1v) is 8.41. The molecule has 132 valence electrons. The van der Waals surface area contributed by atoms with Gasteiger partial charge >= 0.3 is 5.97 Å². The summed E-state index contributed by atoms with van der Waals surface area (Å²) in [4.78, 5) is 40.8. The quantitative estimate of drug-likeness (QED) is 0.661. The number of amides is 1. The van der Waals surface area contributed by atoms with Gasteiger partial charge in [0, 0.05) is 4.47 Å². The minimum absolute atomic E-state index is 0.232. The number of hydrogen-bond donors (Lipinski definition) is 1. The number of methoxy groups -OCH3 is 1. The second kappa shape index (κ2) is 7.49. The molecule has 3 aromatic rings. The van der Waals surface area contributed by atoms with Gasteiger partial charge in [0.2, 0.25) is 5.91 Å². The number of esters is 1. The molecule has 0 aliphatic carbocycles. The maximum atomic E-state index is 12.5. The molecular weight excluding hydrogens is 402 g/mol. The number of benzene rings is 2. The van der Waals surface area contributed by atoms with E-state index in [2.05, 4.69) is 26.2 Å². The molecule has 2 aromatic carbocycles. The number of carbonyl (C=O) groups is 2. The lowest BCUT2D eigenvalue weighted by Gasteiger charge is -2.11. The first kappa shape index (κ1) is 17.8. The number of halogens is 1. The molecule has 3 rings (SSSR count). The monoisotopic (exact) mass is 415 g/mol. The van der Waals surface area contributed by atoms with E-state index in [-0.39, 0.29) is 17.7 Å². The molecule has 0 radical (unpaired) electrons. The highest BCUT2D eigenvalue weighted by atomic mass is 79.9. The number of hydrogen-bond acceptors (Lipinski definition) is 5. The van der Waals surface area contributed by atoms with Gasteiger partial charge in [0.15, 0.2) is 0 Å². The Hall–Kier alpha value is -3.00. The van der Waals surface area contributed by atoms with Crippen LogP contribution >= 0.6 is 15.9 Å². The molecule has 1 N–H and O–H groups in total. The second-order valence-electron chi connectivity index (χ2n) is 5.42. The molecule has 0 atom stereocenters. The second-order valence-corrected chi connectivity index (χ2v) is 6.34. The van der Waals surface area contributed by atoms with Crippen LogP contribution in [0.2, 0.25) is 0 Å². The third-order valence-corrected chi connectivity index (χ3v) is 4.20. The van der Waals surface area contributed by atoms with Crippen molar-refractivity contribution in [1.29, 1.82) is 0 Å². The van der Waals surface area contributed by atoms with Crippen LogP contribution < -0.4 is 10.9 Å². The molecule has 0 bridgehead atoms. The van der Waals surface area contributed by atoms with Gasteiger partial charge in [-0.05, 0) is 30.3 Å². The van der Waals surface area contributed by atoms with Crippen LogP contribution in [0.4, 0.5) is 5.69 Å². The minimum atomic E-state index is -0.560. The average molecular weight is 416 g/mol. The predicted octanol–water partition coefficient (Wildman–Crippen LogP) is 2.58. The minimum Gasteiger partial charge on any atom is -0.465 e. The molecule has 1 aromatic heterocycles. The van der Waals surface area contributed by atoms with Crippen LogP contribution in [0.3, 0.4) is 0 Å². The lowest BCUT2D eigenvalue weighted by molar-refractivity contribution is -0.116. The molecular formula is C18H14BrN3O4. The van der Waals surface area contributed by atoms with Crippen LogP contribution in [-0.4, -0.2) is 28.5 Å². The fourth-order valence-corrected chi connectivity index (χ4v) is 2.83. The van der Waals surface area contributed by atoms with Crippen molar-refractivity contribution in [1.82, 2.24) is 9.55 Å². The van der Waals surface area contributed by atoms with Gasteiger partial charge in [0.05, 0.1) is 35.6 Å². The summed E-state index contributed by atoms with van der Waals surface area (Å²) in [5.74, 6) is -1.02. The van der Waals surface area contributed by atoms with Gasteiger partial charge in [0.25, 0.3) is 5.56 Å². The Bertz CT molecular complexity index is 1060. The first-order chi connectivity index (χ1) is 12.5. The molecule has 0 unspecified atom stereocenters. The van der Waals surface area contributed by atoms with E-state index in [1.807, 2.05) is 0 Å². The number of nitrogens with one attached hydrogen (secondary N) is 1. The molecule has 1 heterocycles. The summed E-state index contributed by atoms with van der Waals surface area (Å²) in [6.45, 7) is -0.232. The van der Waals surface area contributed by atoms with E-state index in [1.54, 1.807) is 42.5 Å². The normalized spacial score (nSPS) is 10.5. The lowest BCUT2D eigenvalue weighted by Crippen LogP contribution is -2.28. The first-order valence-electron chi connectivity index (χ1n) is 7.61. The topological polar surface area (TPSA) is 90.3 Å². The number of ether oxygens (including phenoxy) is 1. The Morgan fingerprint density at radius 1 is 1.23 bits per heavy atom. The van der Waals surface area contributed by atoms with E-state index in [4.69, 9.17) is 4.74 Å². The maximum absolute atomic E-state index is 12.5. The Balaban J connectivity index is 1.86. The van der Waals surface area contributed by atoms with Gasteiger partial charge in [-0.2, -0.15) is 0 Å². The van der Waals surface area contributed by atoms with Crippen molar-refractivity contribution in [2.24, 2.45) is 0 Å². The number of rotatable bonds is 4. The molecule has 0 fully saturated rings. The van der Waals surface area contributed by atoms with E-state index in [1.165, 1.54) is 18.0 Å². The Morgan fingerprint density at radius 2 is 2.00 bits per heavy atom. The van der Waals surface area contributed by atoms with Crippen molar-refractivity contribution in [3.8, 4) is 0 Å². The molecule has 26 heavy (non-hydrogen) atoms. The van der Waals surface area contributed by atoms with Crippen LogP contribution in [0.1, 0.15) is 10.4 Å². The van der Waals surface area contributed by atoms with Gasteiger partial charge in [-0.15, -0.1) is 0 Å². The molecule has 0 saturated carbocycles. The lowest BCUT2D eigenvalue weighted by atomic mass is 10.2. The van der Waals surface area contributed by atoms with Gasteiger partial charge in [0.1, 0.15) is 6.54 Å². The van der Waals surface area contributed by atoms with E-state index < -0.39 is 11.9 Å². The Morgan fingerprint density at radius 3 is 2.77 bits per heavy atom. The third kappa shape index (κ3) is 3.65. The van der Waals surface area contributed by atoms with E-state index >= 15 is 0 Å². The van der Waals surface area contributed by atoms with Crippen molar-refractivity contribution < 1.29 is 14.3 Å². The molecule has 7 nitrogen and oxygen atoms in total. The van der Waals surface area contributed by atoms with Crippen LogP contribution in [0.15, 0.2) is 58.1 Å². The highest BCUT2D eigenvalue weighted by molar-refractivity contribution is 9.10. The number of anilines is 1. The van der Waals surface area contributed by atoms with Crippen LogP contribution in [-0.2, 0) is 16.1 Å². The number of para-hydroxylation sites is 1. The highest BCUT2D eigenvalue weighted by Crippen LogP contribution is 2.17. The average Bonchev–Trinajstić information content (AvgIpc) is 2.64. The van der Waals surface area contributed by atoms with Crippen molar-refractivity contribution in [2.45, 2.75) is 6.54 Å². The van der Waals surface area contributed by atoms with E-state index in [0.717, 1.165) is 4.47 Å². The zero-order chi connectivity index (χ0) is 18.7. The van der Waals surface area contributed by atoms with Gasteiger partial charge < -0.3 is 10.1 Å². The number of aromatic nitrogens is 2. The third-order valence-electron chi connectivity index (χ3n) is 3.71. The van der Waals surface area contributed by atoms with Crippen LogP contribution in [0.5, 0.6) is 0 Å². The standard InChI is InChI=1S/C18H14BrN3O4/c1-26-18(25)12-4-2-3-5-15(12)21-16(23)9-22-10-20-14-7-6-11(19)8-13(14)17(22)24/h2-8,10H,9H2,1H3,(H,21,23). The summed E-state index contributed by atoms with van der Waals surface area (Å²) >= 11 is 3.32. The zero-order valence-electron chi connectivity index (χ0n) is 13.7. The SMILES string of the molecule is COC(=O)c1ccccc1NC(=O)Cn1cnc2ccc(Br)cc2c1=O. The maximum Gasteiger partial charge on any atom is 0.339 e. The van der Waals surface area contributed by atoms with Crippen LogP contribution in [0.25, 0.3) is 10.9 Å². The van der Waals surface area contributed by atoms with Crippen molar-refractivity contribution >= 4 is 44.4 Å². The molecule has 0 aliphatic heterocycles. The smallest absolute Gasteiger partial charge is 0.339 e. The highest BCUT2D eigenvalue weighted by Gasteiger charge is 2.14. The van der Waals surface area contributed by atoms with Gasteiger partial charge in [-0.1, -0.05) is 28.1 Å². The largest absolute Gasteiger partial charge is 0.465 e. The summed E-state index contributed by atoms with van der Waals surface area (Å²) < 4.78 is 6.66. The number of nitrogens with zero attached hydrogens (tertiary/aromatic N) is 2. The zero-order valence-corrected chi connectivity index (χ0v) is 15.3. The van der Waals surface area contributed by atoms with Gasteiger partial charge in [-0.25, -0.2) is 9.78 Å². The number of carbonyl (C=O) groups excluding carboxylic acids is 2. The molecule has 0 aliphatic rings. The molecule has 8 heteroatoms. The summed E-state index contributed by atoms with van der Waals surface area (Å²) in [5, 5.41) is 3.03. The van der Waals surface area contributed by atoms with Crippen LogP contribution in [0, 0.1) is 0 Å². The molecule has 0 saturated heterocycles. The fourth-order valence-electron chi connectivity index (χ4n) is 2.47. The Labute approximate surface area is 156 Å². The van der Waals surface area contributed by atoms with Crippen molar-refractivity contribution in [3.05, 3.63) is 69.2 Å². The van der Waals surface area contributed by atoms with Gasteiger partial charge in [-0.3, -0.25) is 14.2 Å². The Kier molecular flexibility index (Phi) is 5.13. The summed E-state index contributed by atoms with van der Waals surface area (Å²) in [7, 11) is 1.26. The van der Waals surface area contributed by atoms with E-state index in [9.17, 15) is 14.4 Å². The summed E-state index contributed by atoms with van der Waals surface area (Å²) in [5.41, 5.74) is 0.767. The number of fused-ring (bicyclic) bond motifs is 1.